The largest absolute Gasteiger partial charge is 0.467 e. The summed E-state index contributed by atoms with van der Waals surface area (Å²) in [6, 6.07) is 9.43. The lowest BCUT2D eigenvalue weighted by atomic mass is 10.2. The number of rotatable bonds is 6. The van der Waals surface area contributed by atoms with Gasteiger partial charge < -0.3 is 14.6 Å². The number of para-hydroxylation sites is 1. The summed E-state index contributed by atoms with van der Waals surface area (Å²) >= 11 is 0. The molecule has 0 spiro atoms. The second-order valence-corrected chi connectivity index (χ2v) is 4.80. The molecule has 0 aliphatic heterocycles. The Kier molecular flexibility index (Phi) is 5.30. The number of nitrogens with zero attached hydrogens (tertiary/aromatic N) is 1. The number of hydrogen-bond donors (Lipinski definition) is 1. The maximum absolute atomic E-state index is 13.4. The first-order valence-corrected chi connectivity index (χ1v) is 6.88. The number of carbonyl (C=O) groups excluding carboxylic acids is 2. The molecule has 2 rings (SSSR count). The molecule has 1 heterocycles. The third kappa shape index (κ3) is 4.44. The van der Waals surface area contributed by atoms with E-state index >= 15 is 0 Å². The minimum Gasteiger partial charge on any atom is -0.467 e. The van der Waals surface area contributed by atoms with Gasteiger partial charge in [-0.1, -0.05) is 12.1 Å². The van der Waals surface area contributed by atoms with Crippen molar-refractivity contribution in [2.75, 3.05) is 11.9 Å². The molecule has 6 heteroatoms. The molecule has 1 aromatic heterocycles. The van der Waals surface area contributed by atoms with Crippen molar-refractivity contribution in [3.8, 4) is 0 Å². The van der Waals surface area contributed by atoms with Crippen LogP contribution in [0.1, 0.15) is 19.1 Å². The summed E-state index contributed by atoms with van der Waals surface area (Å²) in [7, 11) is 0. The average molecular weight is 304 g/mol. The van der Waals surface area contributed by atoms with Gasteiger partial charge in [0.25, 0.3) is 0 Å². The molecule has 0 radical (unpaired) electrons. The van der Waals surface area contributed by atoms with Gasteiger partial charge in [0.2, 0.25) is 11.8 Å². The Labute approximate surface area is 127 Å². The van der Waals surface area contributed by atoms with E-state index in [9.17, 15) is 14.0 Å². The van der Waals surface area contributed by atoms with Crippen LogP contribution in [0.25, 0.3) is 0 Å². The van der Waals surface area contributed by atoms with Crippen LogP contribution in [0.2, 0.25) is 0 Å². The molecule has 0 fully saturated rings. The molecular formula is C16H17FN2O3. The number of benzene rings is 1. The van der Waals surface area contributed by atoms with Crippen LogP contribution in [-0.2, 0) is 16.1 Å². The fraction of sp³-hybridized carbons (Fsp3) is 0.250. The van der Waals surface area contributed by atoms with Crippen LogP contribution in [0, 0.1) is 5.82 Å². The van der Waals surface area contributed by atoms with Crippen molar-refractivity contribution < 1.29 is 18.4 Å². The van der Waals surface area contributed by atoms with Crippen LogP contribution in [0.4, 0.5) is 10.1 Å². The van der Waals surface area contributed by atoms with Crippen molar-refractivity contribution >= 4 is 17.5 Å². The molecule has 2 aromatic rings. The molecule has 0 saturated heterocycles. The van der Waals surface area contributed by atoms with Gasteiger partial charge in [-0.15, -0.1) is 0 Å². The second-order valence-electron chi connectivity index (χ2n) is 4.80. The van der Waals surface area contributed by atoms with Crippen LogP contribution in [0.5, 0.6) is 0 Å². The predicted molar refractivity (Wildman–Crippen MR) is 79.4 cm³/mol. The number of furan rings is 1. The number of carbonyl (C=O) groups is 2. The lowest BCUT2D eigenvalue weighted by molar-refractivity contribution is -0.130. The summed E-state index contributed by atoms with van der Waals surface area (Å²) < 4.78 is 18.6. The fourth-order valence-electron chi connectivity index (χ4n) is 1.95. The monoisotopic (exact) mass is 304 g/mol. The van der Waals surface area contributed by atoms with Gasteiger partial charge in [-0.2, -0.15) is 0 Å². The normalized spacial score (nSPS) is 10.3. The van der Waals surface area contributed by atoms with Gasteiger partial charge in [-0.3, -0.25) is 9.59 Å². The van der Waals surface area contributed by atoms with Gasteiger partial charge in [0.1, 0.15) is 11.6 Å². The van der Waals surface area contributed by atoms with Crippen LogP contribution >= 0.6 is 0 Å². The second kappa shape index (κ2) is 7.40. The molecule has 0 aliphatic rings. The number of halogens is 1. The molecule has 1 N–H and O–H groups in total. The Hall–Kier alpha value is -2.63. The first-order valence-electron chi connectivity index (χ1n) is 6.88. The minimum absolute atomic E-state index is 0.0780. The molecule has 1 aromatic carbocycles. The van der Waals surface area contributed by atoms with E-state index in [-0.39, 0.29) is 30.5 Å². The van der Waals surface area contributed by atoms with Gasteiger partial charge in [-0.25, -0.2) is 4.39 Å². The van der Waals surface area contributed by atoms with E-state index in [4.69, 9.17) is 4.42 Å². The molecule has 0 unspecified atom stereocenters. The number of hydrogen-bond acceptors (Lipinski definition) is 3. The van der Waals surface area contributed by atoms with E-state index < -0.39 is 5.82 Å². The Morgan fingerprint density at radius 1 is 1.23 bits per heavy atom. The highest BCUT2D eigenvalue weighted by molar-refractivity contribution is 5.91. The topological polar surface area (TPSA) is 62.6 Å². The van der Waals surface area contributed by atoms with E-state index in [2.05, 4.69) is 5.32 Å². The Morgan fingerprint density at radius 3 is 2.64 bits per heavy atom. The first-order chi connectivity index (χ1) is 10.6. The first kappa shape index (κ1) is 15.8. The van der Waals surface area contributed by atoms with Crippen LogP contribution in [0.15, 0.2) is 47.1 Å². The maximum atomic E-state index is 13.4. The van der Waals surface area contributed by atoms with Gasteiger partial charge in [0.05, 0.1) is 18.5 Å². The van der Waals surface area contributed by atoms with Gasteiger partial charge in [-0.05, 0) is 24.3 Å². The highest BCUT2D eigenvalue weighted by atomic mass is 19.1. The van der Waals surface area contributed by atoms with Crippen LogP contribution < -0.4 is 5.32 Å². The predicted octanol–water partition coefficient (Wildman–Crippen LogP) is 2.80. The minimum atomic E-state index is -0.491. The molecule has 0 atom stereocenters. The zero-order valence-corrected chi connectivity index (χ0v) is 12.2. The summed E-state index contributed by atoms with van der Waals surface area (Å²) in [4.78, 5) is 24.9. The average Bonchev–Trinajstić information content (AvgIpc) is 2.98. The van der Waals surface area contributed by atoms with Crippen molar-refractivity contribution in [3.63, 3.8) is 0 Å². The number of nitrogens with one attached hydrogen (secondary N) is 1. The Bertz CT molecular complexity index is 641. The standard InChI is InChI=1S/C16H17FN2O3/c1-12(20)19(11-13-5-4-10-22-13)9-8-16(21)18-15-7-3-2-6-14(15)17/h2-7,10H,8-9,11H2,1H3,(H,18,21). The van der Waals surface area contributed by atoms with Gasteiger partial charge >= 0.3 is 0 Å². The lowest BCUT2D eigenvalue weighted by Gasteiger charge is -2.19. The zero-order valence-electron chi connectivity index (χ0n) is 12.2. The van der Waals surface area contributed by atoms with Gasteiger partial charge in [0.15, 0.2) is 0 Å². The number of anilines is 1. The summed E-state index contributed by atoms with van der Waals surface area (Å²) in [5, 5.41) is 2.49. The van der Waals surface area contributed by atoms with E-state index in [0.717, 1.165) is 0 Å². The molecule has 0 aliphatic carbocycles. The summed E-state index contributed by atoms with van der Waals surface area (Å²) in [5.74, 6) is -0.356. The van der Waals surface area contributed by atoms with Gasteiger partial charge in [0, 0.05) is 19.9 Å². The Morgan fingerprint density at radius 2 is 2.00 bits per heavy atom. The van der Waals surface area contributed by atoms with Crippen molar-refractivity contribution in [1.29, 1.82) is 0 Å². The molecule has 0 bridgehead atoms. The fourth-order valence-corrected chi connectivity index (χ4v) is 1.95. The lowest BCUT2D eigenvalue weighted by Crippen LogP contribution is -2.31. The molecule has 5 nitrogen and oxygen atoms in total. The summed E-state index contributed by atoms with van der Waals surface area (Å²) in [5.41, 5.74) is 0.132. The van der Waals surface area contributed by atoms with E-state index in [1.165, 1.54) is 30.2 Å². The third-order valence-corrected chi connectivity index (χ3v) is 3.13. The zero-order chi connectivity index (χ0) is 15.9. The van der Waals surface area contributed by atoms with E-state index in [1.807, 2.05) is 0 Å². The van der Waals surface area contributed by atoms with Crippen molar-refractivity contribution in [2.45, 2.75) is 19.9 Å². The smallest absolute Gasteiger partial charge is 0.226 e. The SMILES string of the molecule is CC(=O)N(CCC(=O)Nc1ccccc1F)Cc1ccco1. The van der Waals surface area contributed by atoms with Crippen LogP contribution in [0.3, 0.4) is 0 Å². The quantitative estimate of drug-likeness (QED) is 0.892. The maximum Gasteiger partial charge on any atom is 0.226 e. The molecule has 2 amide bonds. The van der Waals surface area contributed by atoms with E-state index in [1.54, 1.807) is 24.3 Å². The van der Waals surface area contributed by atoms with E-state index in [0.29, 0.717) is 12.3 Å². The highest BCUT2D eigenvalue weighted by Crippen LogP contribution is 2.13. The number of amides is 2. The summed E-state index contributed by atoms with van der Waals surface area (Å²) in [6.45, 7) is 1.96. The summed E-state index contributed by atoms with van der Waals surface area (Å²) in [6.07, 6.45) is 1.60. The van der Waals surface area contributed by atoms with Crippen molar-refractivity contribution in [2.24, 2.45) is 0 Å². The molecule has 22 heavy (non-hydrogen) atoms. The molecule has 116 valence electrons. The van der Waals surface area contributed by atoms with Crippen molar-refractivity contribution in [3.05, 3.63) is 54.2 Å². The third-order valence-electron chi connectivity index (χ3n) is 3.13. The highest BCUT2D eigenvalue weighted by Gasteiger charge is 2.14. The Balaban J connectivity index is 1.88. The van der Waals surface area contributed by atoms with Crippen LogP contribution in [-0.4, -0.2) is 23.3 Å². The van der Waals surface area contributed by atoms with Crippen molar-refractivity contribution in [1.82, 2.24) is 4.90 Å². The molecular weight excluding hydrogens is 287 g/mol. The molecule has 0 saturated carbocycles.